The van der Waals surface area contributed by atoms with E-state index in [0.29, 0.717) is 5.56 Å². The molecule has 20 heavy (non-hydrogen) atoms. The molecule has 1 aliphatic rings. The zero-order chi connectivity index (χ0) is 14.7. The summed E-state index contributed by atoms with van der Waals surface area (Å²) >= 11 is 0. The van der Waals surface area contributed by atoms with E-state index in [0.717, 1.165) is 0 Å². The Labute approximate surface area is 113 Å². The third-order valence-corrected chi connectivity index (χ3v) is 3.13. The number of rotatable bonds is 3. The summed E-state index contributed by atoms with van der Waals surface area (Å²) in [6.45, 7) is 8.49. The molecule has 0 radical (unpaired) electrons. The molecule has 1 saturated heterocycles. The zero-order valence-corrected chi connectivity index (χ0v) is 10.7. The van der Waals surface area contributed by atoms with Crippen LogP contribution in [0.25, 0.3) is 15.3 Å². The van der Waals surface area contributed by atoms with Crippen LogP contribution in [0.5, 0.6) is 0 Å². The molecule has 0 spiro atoms. The van der Waals surface area contributed by atoms with E-state index in [2.05, 4.69) is 19.9 Å². The maximum Gasteiger partial charge on any atom is 0.330 e. The molecule has 1 N–H and O–H groups in total. The van der Waals surface area contributed by atoms with Crippen LogP contribution in [0.3, 0.4) is 0 Å². The lowest BCUT2D eigenvalue weighted by atomic mass is 10.1. The van der Waals surface area contributed by atoms with Crippen molar-refractivity contribution in [1.82, 2.24) is 9.55 Å². The predicted octanol–water partition coefficient (Wildman–Crippen LogP) is 0.731. The van der Waals surface area contributed by atoms with E-state index in [1.54, 1.807) is 6.92 Å². The van der Waals surface area contributed by atoms with Crippen molar-refractivity contribution >= 4 is 0 Å². The molecule has 2 heterocycles. The molecule has 1 unspecified atom stereocenters. The van der Waals surface area contributed by atoms with Gasteiger partial charge >= 0.3 is 5.69 Å². The van der Waals surface area contributed by atoms with E-state index < -0.39 is 29.6 Å². The second-order valence-electron chi connectivity index (χ2n) is 4.46. The first kappa shape index (κ1) is 13.9. The third-order valence-electron chi connectivity index (χ3n) is 3.13. The molecule has 0 aromatic carbocycles. The fraction of sp³-hybridized carbons (Fsp3) is 0.545. The molecule has 1 aromatic heterocycles. The molecule has 9 heteroatoms. The van der Waals surface area contributed by atoms with Crippen molar-refractivity contribution in [3.8, 4) is 0 Å². The number of nitrogens with one attached hydrogen (secondary N) is 1. The largest absolute Gasteiger partial charge is 0.346 e. The van der Waals surface area contributed by atoms with E-state index in [1.807, 2.05) is 0 Å². The van der Waals surface area contributed by atoms with Gasteiger partial charge in [-0.1, -0.05) is 5.11 Å². The lowest BCUT2D eigenvalue weighted by molar-refractivity contribution is 0.00476. The highest BCUT2D eigenvalue weighted by Crippen LogP contribution is 2.30. The third kappa shape index (κ3) is 2.56. The Morgan fingerprint density at radius 2 is 2.40 bits per heavy atom. The van der Waals surface area contributed by atoms with Crippen molar-refractivity contribution in [3.05, 3.63) is 54.5 Å². The van der Waals surface area contributed by atoms with Gasteiger partial charge in [0, 0.05) is 23.1 Å². The number of aromatic amines is 1. The summed E-state index contributed by atoms with van der Waals surface area (Å²) in [7, 11) is 0. The Balaban J connectivity index is 2.34. The van der Waals surface area contributed by atoms with Crippen molar-refractivity contribution in [3.63, 3.8) is 0 Å². The number of aryl methyl sites for hydroxylation is 1. The lowest BCUT2D eigenvalue weighted by Crippen LogP contribution is -2.33. The SMILES string of the molecule is [C-]#[N+]C[C@H]1OC(n2cc(C)c(=O)[nH]c2=O)C[C@H]1N=[N+]=[N-]. The molecule has 1 fully saturated rings. The topological polar surface area (TPSA) is 117 Å². The first-order valence-electron chi connectivity index (χ1n) is 5.91. The van der Waals surface area contributed by atoms with Crippen molar-refractivity contribution in [2.45, 2.75) is 31.7 Å². The van der Waals surface area contributed by atoms with Gasteiger partial charge in [-0.15, -0.1) is 0 Å². The van der Waals surface area contributed by atoms with Crippen LogP contribution in [-0.2, 0) is 4.74 Å². The van der Waals surface area contributed by atoms with Gasteiger partial charge in [-0.2, -0.15) is 0 Å². The van der Waals surface area contributed by atoms with Crippen molar-refractivity contribution < 1.29 is 4.74 Å². The van der Waals surface area contributed by atoms with Crippen LogP contribution in [-0.4, -0.2) is 28.2 Å². The number of azide groups is 1. The number of H-pyrrole nitrogens is 1. The monoisotopic (exact) mass is 276 g/mol. The Morgan fingerprint density at radius 3 is 3.05 bits per heavy atom. The predicted molar refractivity (Wildman–Crippen MR) is 69.0 cm³/mol. The molecule has 1 aromatic rings. The minimum atomic E-state index is -0.653. The van der Waals surface area contributed by atoms with Crippen LogP contribution >= 0.6 is 0 Å². The standard InChI is InChI=1S/C11H12N6O3/c1-6-5-17(11(19)14-10(6)18)9-3-7(15-16-12)8(20-9)4-13-2/h5,7-9H,3-4H2,1H3,(H,14,18,19)/t7-,8-,9?/m1/s1. The highest BCUT2D eigenvalue weighted by atomic mass is 16.5. The molecule has 1 aliphatic heterocycles. The van der Waals surface area contributed by atoms with Gasteiger partial charge in [0.05, 0.1) is 6.04 Å². The van der Waals surface area contributed by atoms with E-state index in [4.69, 9.17) is 16.8 Å². The fourth-order valence-electron chi connectivity index (χ4n) is 2.13. The average molecular weight is 276 g/mol. The van der Waals surface area contributed by atoms with Gasteiger partial charge in [-0.3, -0.25) is 14.3 Å². The molecular formula is C11H12N6O3. The van der Waals surface area contributed by atoms with Gasteiger partial charge in [0.2, 0.25) is 6.54 Å². The van der Waals surface area contributed by atoms with Crippen molar-refractivity contribution in [2.24, 2.45) is 5.11 Å². The summed E-state index contributed by atoms with van der Waals surface area (Å²) in [5.74, 6) is 0. The second kappa shape index (κ2) is 5.61. The maximum absolute atomic E-state index is 11.8. The second-order valence-corrected chi connectivity index (χ2v) is 4.46. The van der Waals surface area contributed by atoms with E-state index >= 15 is 0 Å². The molecule has 0 bridgehead atoms. The Morgan fingerprint density at radius 1 is 1.65 bits per heavy atom. The first-order valence-corrected chi connectivity index (χ1v) is 5.91. The molecule has 2 rings (SSSR count). The Bertz CT molecular complexity index is 708. The van der Waals surface area contributed by atoms with Gasteiger partial charge in [0.25, 0.3) is 5.56 Å². The highest BCUT2D eigenvalue weighted by Gasteiger charge is 2.38. The normalized spacial score (nSPS) is 24.9. The number of aromatic nitrogens is 2. The number of hydrogen-bond donors (Lipinski definition) is 1. The summed E-state index contributed by atoms with van der Waals surface area (Å²) < 4.78 is 6.84. The van der Waals surface area contributed by atoms with Crippen LogP contribution in [0.2, 0.25) is 0 Å². The van der Waals surface area contributed by atoms with Gasteiger partial charge in [0.15, 0.2) is 0 Å². The average Bonchev–Trinajstić information content (AvgIpc) is 2.78. The minimum Gasteiger partial charge on any atom is -0.346 e. The van der Waals surface area contributed by atoms with Gasteiger partial charge < -0.3 is 9.58 Å². The van der Waals surface area contributed by atoms with Crippen LogP contribution in [0.4, 0.5) is 0 Å². The highest BCUT2D eigenvalue weighted by molar-refractivity contribution is 5.02. The zero-order valence-electron chi connectivity index (χ0n) is 10.7. The Kier molecular flexibility index (Phi) is 3.89. The summed E-state index contributed by atoms with van der Waals surface area (Å²) in [5, 5.41) is 3.59. The number of hydrogen-bond acceptors (Lipinski definition) is 4. The summed E-state index contributed by atoms with van der Waals surface area (Å²) in [5.41, 5.74) is 7.85. The Hall–Kier alpha value is -2.56. The smallest absolute Gasteiger partial charge is 0.330 e. The summed E-state index contributed by atoms with van der Waals surface area (Å²) in [4.78, 5) is 31.2. The molecule has 0 saturated carbocycles. The van der Waals surface area contributed by atoms with E-state index in [-0.39, 0.29) is 13.0 Å². The molecule has 3 atom stereocenters. The van der Waals surface area contributed by atoms with Gasteiger partial charge in [-0.25, -0.2) is 11.4 Å². The van der Waals surface area contributed by atoms with Gasteiger partial charge in [0.1, 0.15) is 12.3 Å². The fourth-order valence-corrected chi connectivity index (χ4v) is 2.13. The van der Waals surface area contributed by atoms with Crippen LogP contribution in [0, 0.1) is 13.5 Å². The summed E-state index contributed by atoms with van der Waals surface area (Å²) in [6.07, 6.45) is 0.488. The van der Waals surface area contributed by atoms with Crippen LogP contribution in [0.1, 0.15) is 18.2 Å². The van der Waals surface area contributed by atoms with Crippen molar-refractivity contribution in [1.29, 1.82) is 0 Å². The molecule has 0 aliphatic carbocycles. The van der Waals surface area contributed by atoms with E-state index in [9.17, 15) is 9.59 Å². The number of ether oxygens (including phenoxy) is 1. The van der Waals surface area contributed by atoms with Crippen LogP contribution in [0.15, 0.2) is 20.9 Å². The van der Waals surface area contributed by atoms with E-state index in [1.165, 1.54) is 10.8 Å². The number of nitrogens with zero attached hydrogens (tertiary/aromatic N) is 5. The molecule has 0 amide bonds. The van der Waals surface area contributed by atoms with Crippen LogP contribution < -0.4 is 11.2 Å². The van der Waals surface area contributed by atoms with Crippen molar-refractivity contribution in [2.75, 3.05) is 6.54 Å². The molecule has 9 nitrogen and oxygen atoms in total. The quantitative estimate of drug-likeness (QED) is 0.379. The lowest BCUT2D eigenvalue weighted by Gasteiger charge is -2.13. The minimum absolute atomic E-state index is 0.0528. The summed E-state index contributed by atoms with van der Waals surface area (Å²) in [6, 6.07) is -0.502. The molecule has 104 valence electrons. The molecular weight excluding hydrogens is 264 g/mol. The maximum atomic E-state index is 11.8. The first-order chi connectivity index (χ1) is 9.56. The van der Waals surface area contributed by atoms with Gasteiger partial charge in [-0.05, 0) is 12.5 Å².